The van der Waals surface area contributed by atoms with Crippen molar-refractivity contribution in [1.82, 2.24) is 0 Å². The average Bonchev–Trinajstić information content (AvgIpc) is 3.60. The van der Waals surface area contributed by atoms with Crippen molar-refractivity contribution >= 4 is 17.5 Å². The Bertz CT molecular complexity index is 1760. The first-order chi connectivity index (χ1) is 24.3. The van der Waals surface area contributed by atoms with Gasteiger partial charge in [-0.2, -0.15) is 0 Å². The van der Waals surface area contributed by atoms with Crippen LogP contribution in [0.15, 0.2) is 88.9 Å². The summed E-state index contributed by atoms with van der Waals surface area (Å²) in [6.45, 7) is 6.91. The predicted octanol–water partition coefficient (Wildman–Crippen LogP) is 9.83. The molecule has 2 aromatic rings. The molecule has 2 aromatic carbocycles. The van der Waals surface area contributed by atoms with Gasteiger partial charge in [-0.05, 0) is 128 Å². The Labute approximate surface area is 297 Å². The van der Waals surface area contributed by atoms with Crippen LogP contribution in [0.3, 0.4) is 0 Å². The third-order valence-electron chi connectivity index (χ3n) is 12.2. The molecule has 2 bridgehead atoms. The first-order valence-electron chi connectivity index (χ1n) is 19.1. The van der Waals surface area contributed by atoms with Gasteiger partial charge in [-0.25, -0.2) is 9.59 Å². The molecular weight excluding hydrogens is 624 g/mol. The van der Waals surface area contributed by atoms with Crippen molar-refractivity contribution in [2.24, 2.45) is 35.0 Å². The molecule has 264 valence electrons. The standard InChI is InChI=1S/C44H52O6/c1-4-28(17-16-27(2)3)25-37-44-23-22-32(33-20-21-34-36(15-11-6-5-7-12-24-45)49-42(47)39(34)40(33)44)38(41(44)43(48)50-37)35-26-30(46)18-19-31(35)29-13-9-8-10-14-29/h8-10,13-15,18-19,25-28,32-33,40,45-46H,4-7,11-12,16-17,20-24H2,1-3H3/b36-15?,37-25-/t28-,32+,33-,40+,44+/m0/s1. The van der Waals surface area contributed by atoms with Gasteiger partial charge in [-0.1, -0.05) is 76.4 Å². The molecule has 2 fully saturated rings. The highest BCUT2D eigenvalue weighted by molar-refractivity contribution is 6.07. The van der Waals surface area contributed by atoms with Gasteiger partial charge in [-0.15, -0.1) is 0 Å². The molecule has 8 rings (SSSR count). The highest BCUT2D eigenvalue weighted by Crippen LogP contribution is 2.72. The van der Waals surface area contributed by atoms with Crippen LogP contribution < -0.4 is 0 Å². The number of aliphatic hydroxyl groups excluding tert-OH is 1. The van der Waals surface area contributed by atoms with Crippen LogP contribution in [-0.4, -0.2) is 28.8 Å². The minimum Gasteiger partial charge on any atom is -0.508 e. The number of hydrogen-bond donors (Lipinski definition) is 2. The highest BCUT2D eigenvalue weighted by Gasteiger charge is 2.68. The van der Waals surface area contributed by atoms with E-state index in [1.807, 2.05) is 30.3 Å². The second-order valence-electron chi connectivity index (χ2n) is 15.5. The van der Waals surface area contributed by atoms with E-state index >= 15 is 0 Å². The first-order valence-corrected chi connectivity index (χ1v) is 19.1. The lowest BCUT2D eigenvalue weighted by molar-refractivity contribution is -0.135. The summed E-state index contributed by atoms with van der Waals surface area (Å²) in [7, 11) is 0. The molecular formula is C44H52O6. The molecule has 0 aromatic heterocycles. The van der Waals surface area contributed by atoms with Crippen LogP contribution >= 0.6 is 0 Å². The summed E-state index contributed by atoms with van der Waals surface area (Å²) in [6.07, 6.45) is 15.3. The summed E-state index contributed by atoms with van der Waals surface area (Å²) in [5, 5.41) is 20.0. The third kappa shape index (κ3) is 5.97. The fourth-order valence-electron chi connectivity index (χ4n) is 9.85. The number of unbranched alkanes of at least 4 members (excludes halogenated alkanes) is 4. The number of cyclic esters (lactones) is 2. The number of hydrogen-bond acceptors (Lipinski definition) is 6. The van der Waals surface area contributed by atoms with E-state index in [9.17, 15) is 14.7 Å². The summed E-state index contributed by atoms with van der Waals surface area (Å²) in [5.41, 5.74) is 5.59. The normalized spacial score (nSPS) is 27.6. The number of esters is 2. The van der Waals surface area contributed by atoms with Crippen molar-refractivity contribution in [3.05, 3.63) is 94.5 Å². The first kappa shape index (κ1) is 34.5. The number of carbonyl (C=O) groups is 2. The van der Waals surface area contributed by atoms with Crippen molar-refractivity contribution in [2.75, 3.05) is 6.61 Å². The number of aromatic hydroxyl groups is 1. The lowest BCUT2D eigenvalue weighted by Crippen LogP contribution is -2.52. The molecule has 50 heavy (non-hydrogen) atoms. The van der Waals surface area contributed by atoms with Crippen molar-refractivity contribution in [3.8, 4) is 16.9 Å². The van der Waals surface area contributed by atoms with E-state index in [1.54, 1.807) is 6.07 Å². The molecule has 5 atom stereocenters. The minimum absolute atomic E-state index is 0.0392. The molecule has 6 nitrogen and oxygen atoms in total. The maximum atomic E-state index is 14.5. The van der Waals surface area contributed by atoms with Gasteiger partial charge in [0.25, 0.3) is 0 Å². The van der Waals surface area contributed by atoms with Gasteiger partial charge in [0.15, 0.2) is 0 Å². The number of aliphatic hydroxyl groups is 1. The molecule has 1 saturated heterocycles. The Morgan fingerprint density at radius 1 is 0.920 bits per heavy atom. The predicted molar refractivity (Wildman–Crippen MR) is 195 cm³/mol. The number of benzene rings is 2. The SMILES string of the molecule is CC[C@H](/C=C1\OC(=O)C2=C(c3cc(O)ccc3-c3ccccc3)[C@@H]3CC[C@@]21[C@H]1C2=C(CC[C@@H]31)C(=CCCCCCCO)OC2=O)CCC(C)C. The van der Waals surface area contributed by atoms with Crippen LogP contribution in [0.1, 0.15) is 103 Å². The summed E-state index contributed by atoms with van der Waals surface area (Å²) < 4.78 is 12.5. The zero-order chi connectivity index (χ0) is 35.0. The number of ether oxygens (including phenoxy) is 2. The molecule has 1 saturated carbocycles. The summed E-state index contributed by atoms with van der Waals surface area (Å²) in [5.74, 6) is 1.81. The van der Waals surface area contributed by atoms with Crippen LogP contribution in [0.5, 0.6) is 5.75 Å². The van der Waals surface area contributed by atoms with E-state index in [-0.39, 0.29) is 48.0 Å². The van der Waals surface area contributed by atoms with Crippen LogP contribution in [0.25, 0.3) is 16.7 Å². The van der Waals surface area contributed by atoms with Gasteiger partial charge >= 0.3 is 11.9 Å². The maximum absolute atomic E-state index is 14.5. The average molecular weight is 677 g/mol. The smallest absolute Gasteiger partial charge is 0.340 e. The van der Waals surface area contributed by atoms with Crippen LogP contribution in [0.2, 0.25) is 0 Å². The lowest BCUT2D eigenvalue weighted by atomic mass is 9.44. The summed E-state index contributed by atoms with van der Waals surface area (Å²) in [4.78, 5) is 28.5. The molecule has 2 heterocycles. The zero-order valence-corrected chi connectivity index (χ0v) is 29.9. The van der Waals surface area contributed by atoms with Gasteiger partial charge in [-0.3, -0.25) is 0 Å². The Morgan fingerprint density at radius 2 is 1.72 bits per heavy atom. The monoisotopic (exact) mass is 676 g/mol. The van der Waals surface area contributed by atoms with Gasteiger partial charge < -0.3 is 19.7 Å². The molecule has 2 N–H and O–H groups in total. The summed E-state index contributed by atoms with van der Waals surface area (Å²) in [6, 6.07) is 15.7. The van der Waals surface area contributed by atoms with E-state index in [1.165, 1.54) is 0 Å². The van der Waals surface area contributed by atoms with Gasteiger partial charge in [0.05, 0.1) is 11.0 Å². The minimum atomic E-state index is -0.768. The lowest BCUT2D eigenvalue weighted by Gasteiger charge is -2.56. The number of carbonyl (C=O) groups excluding carboxylic acids is 2. The van der Waals surface area contributed by atoms with E-state index in [4.69, 9.17) is 14.6 Å². The van der Waals surface area contributed by atoms with Gasteiger partial charge in [0.2, 0.25) is 0 Å². The molecule has 2 aliphatic heterocycles. The number of phenolic OH excluding ortho intramolecular Hbond substituents is 1. The van der Waals surface area contributed by atoms with Gasteiger partial charge in [0.1, 0.15) is 17.3 Å². The van der Waals surface area contributed by atoms with E-state index < -0.39 is 5.41 Å². The zero-order valence-electron chi connectivity index (χ0n) is 29.9. The fraction of sp³-hybridized carbons (Fsp3) is 0.500. The second-order valence-corrected chi connectivity index (χ2v) is 15.5. The largest absolute Gasteiger partial charge is 0.508 e. The molecule has 0 unspecified atom stereocenters. The number of allylic oxidation sites excluding steroid dienone is 5. The Morgan fingerprint density at radius 3 is 2.48 bits per heavy atom. The van der Waals surface area contributed by atoms with Crippen LogP contribution in [0, 0.1) is 35.0 Å². The molecule has 6 heteroatoms. The molecule has 0 radical (unpaired) electrons. The number of rotatable bonds is 13. The molecule has 4 aliphatic carbocycles. The van der Waals surface area contributed by atoms with E-state index in [2.05, 4.69) is 45.1 Å². The van der Waals surface area contributed by atoms with Crippen molar-refractivity contribution in [2.45, 2.75) is 97.8 Å². The third-order valence-corrected chi connectivity index (χ3v) is 12.2. The fourth-order valence-corrected chi connectivity index (χ4v) is 9.85. The van der Waals surface area contributed by atoms with Crippen LogP contribution in [0.4, 0.5) is 0 Å². The quantitative estimate of drug-likeness (QED) is 0.162. The van der Waals surface area contributed by atoms with Crippen molar-refractivity contribution < 1.29 is 29.3 Å². The Hall–Kier alpha value is -3.90. The van der Waals surface area contributed by atoms with Crippen LogP contribution in [-0.2, 0) is 19.1 Å². The topological polar surface area (TPSA) is 93.1 Å². The van der Waals surface area contributed by atoms with Crippen molar-refractivity contribution in [3.63, 3.8) is 0 Å². The van der Waals surface area contributed by atoms with E-state index in [0.717, 1.165) is 116 Å². The number of phenols is 1. The molecule has 6 aliphatic rings. The summed E-state index contributed by atoms with van der Waals surface area (Å²) >= 11 is 0. The number of fused-ring (bicyclic) bond motifs is 1. The highest BCUT2D eigenvalue weighted by atomic mass is 16.5. The molecule has 1 spiro atoms. The van der Waals surface area contributed by atoms with E-state index in [0.29, 0.717) is 17.3 Å². The molecule has 0 amide bonds. The Kier molecular flexibility index (Phi) is 9.93. The van der Waals surface area contributed by atoms with Gasteiger partial charge in [0, 0.05) is 23.7 Å². The van der Waals surface area contributed by atoms with Crippen molar-refractivity contribution in [1.29, 1.82) is 0 Å². The maximum Gasteiger partial charge on any atom is 0.340 e. The Balaban J connectivity index is 1.40. The second kappa shape index (κ2) is 14.4.